The fourth-order valence-electron chi connectivity index (χ4n) is 1.84. The predicted molar refractivity (Wildman–Crippen MR) is 81.4 cm³/mol. The molecule has 0 saturated heterocycles. The lowest BCUT2D eigenvalue weighted by molar-refractivity contribution is 0.152. The lowest BCUT2D eigenvalue weighted by Gasteiger charge is -2.25. The molecule has 0 radical (unpaired) electrons. The first kappa shape index (κ1) is 17.3. The first-order chi connectivity index (χ1) is 9.43. The number of alkyl halides is 2. The van der Waals surface area contributed by atoms with Gasteiger partial charge in [0, 0.05) is 23.6 Å². The first-order valence-corrected chi connectivity index (χ1v) is 7.39. The summed E-state index contributed by atoms with van der Waals surface area (Å²) >= 11 is 3.42. The Balaban J connectivity index is 2.83. The highest BCUT2D eigenvalue weighted by atomic mass is 79.9. The third-order valence-electron chi connectivity index (χ3n) is 2.80. The van der Waals surface area contributed by atoms with Crippen molar-refractivity contribution in [2.24, 2.45) is 0 Å². The molecule has 0 aliphatic heterocycles. The molecule has 1 aromatic carbocycles. The molecule has 0 atom stereocenters. The molecule has 20 heavy (non-hydrogen) atoms. The molecule has 2 N–H and O–H groups in total. The fourth-order valence-corrected chi connectivity index (χ4v) is 2.51. The number of halogens is 3. The first-order valence-electron chi connectivity index (χ1n) is 6.59. The van der Waals surface area contributed by atoms with Crippen molar-refractivity contribution in [3.8, 4) is 0 Å². The fraction of sp³-hybridized carbons (Fsp3) is 0.571. The zero-order valence-electron chi connectivity index (χ0n) is 11.7. The monoisotopic (exact) mass is 350 g/mol. The van der Waals surface area contributed by atoms with Crippen molar-refractivity contribution < 1.29 is 13.9 Å². The average Bonchev–Trinajstić information content (AvgIpc) is 2.35. The quantitative estimate of drug-likeness (QED) is 0.756. The SMILES string of the molecule is CC(C)NCc1ccc(N(CCO)CC(F)F)c(Br)c1. The summed E-state index contributed by atoms with van der Waals surface area (Å²) in [5, 5.41) is 12.3. The number of nitrogens with zero attached hydrogens (tertiary/aromatic N) is 1. The number of hydrogen-bond acceptors (Lipinski definition) is 3. The zero-order chi connectivity index (χ0) is 15.1. The summed E-state index contributed by atoms with van der Waals surface area (Å²) in [6.45, 7) is 4.50. The van der Waals surface area contributed by atoms with E-state index in [2.05, 4.69) is 35.1 Å². The van der Waals surface area contributed by atoms with Crippen LogP contribution in [0.4, 0.5) is 14.5 Å². The molecule has 3 nitrogen and oxygen atoms in total. The van der Waals surface area contributed by atoms with Gasteiger partial charge in [0.15, 0.2) is 0 Å². The number of aliphatic hydroxyl groups is 1. The maximum Gasteiger partial charge on any atom is 0.255 e. The highest BCUT2D eigenvalue weighted by Crippen LogP contribution is 2.28. The van der Waals surface area contributed by atoms with Gasteiger partial charge >= 0.3 is 0 Å². The molecule has 6 heteroatoms. The Morgan fingerprint density at radius 1 is 1.35 bits per heavy atom. The van der Waals surface area contributed by atoms with E-state index in [9.17, 15) is 8.78 Å². The summed E-state index contributed by atoms with van der Waals surface area (Å²) < 4.78 is 25.9. The number of anilines is 1. The van der Waals surface area contributed by atoms with Crippen molar-refractivity contribution in [3.63, 3.8) is 0 Å². The van der Waals surface area contributed by atoms with Crippen LogP contribution in [0.1, 0.15) is 19.4 Å². The molecular formula is C14H21BrF2N2O. The third-order valence-corrected chi connectivity index (χ3v) is 3.43. The Labute approximate surface area is 127 Å². The van der Waals surface area contributed by atoms with E-state index in [1.54, 1.807) is 6.07 Å². The molecule has 0 aliphatic carbocycles. The van der Waals surface area contributed by atoms with Crippen molar-refractivity contribution in [2.75, 3.05) is 24.6 Å². The van der Waals surface area contributed by atoms with E-state index in [1.807, 2.05) is 12.1 Å². The van der Waals surface area contributed by atoms with E-state index in [1.165, 1.54) is 4.90 Å². The van der Waals surface area contributed by atoms with Crippen LogP contribution in [0.25, 0.3) is 0 Å². The summed E-state index contributed by atoms with van der Waals surface area (Å²) in [4.78, 5) is 1.48. The van der Waals surface area contributed by atoms with Gasteiger partial charge in [-0.25, -0.2) is 8.78 Å². The van der Waals surface area contributed by atoms with Gasteiger partial charge in [0.05, 0.1) is 18.8 Å². The molecule has 1 aromatic rings. The number of nitrogens with one attached hydrogen (secondary N) is 1. The molecule has 0 unspecified atom stereocenters. The van der Waals surface area contributed by atoms with Gasteiger partial charge in [0.25, 0.3) is 6.43 Å². The highest BCUT2D eigenvalue weighted by molar-refractivity contribution is 9.10. The smallest absolute Gasteiger partial charge is 0.255 e. The normalized spacial score (nSPS) is 11.4. The van der Waals surface area contributed by atoms with Gasteiger partial charge in [-0.2, -0.15) is 0 Å². The topological polar surface area (TPSA) is 35.5 Å². The second kappa shape index (κ2) is 8.54. The number of benzene rings is 1. The second-order valence-corrected chi connectivity index (χ2v) is 5.74. The van der Waals surface area contributed by atoms with E-state index in [-0.39, 0.29) is 19.7 Å². The van der Waals surface area contributed by atoms with E-state index >= 15 is 0 Å². The van der Waals surface area contributed by atoms with Crippen molar-refractivity contribution in [1.29, 1.82) is 0 Å². The summed E-state index contributed by atoms with van der Waals surface area (Å²) in [6, 6.07) is 6.02. The van der Waals surface area contributed by atoms with Crippen LogP contribution in [-0.4, -0.2) is 37.3 Å². The van der Waals surface area contributed by atoms with Crippen LogP contribution in [0.3, 0.4) is 0 Å². The molecular weight excluding hydrogens is 330 g/mol. The molecule has 0 saturated carbocycles. The minimum atomic E-state index is -2.43. The van der Waals surface area contributed by atoms with Gasteiger partial charge in [-0.1, -0.05) is 19.9 Å². The maximum atomic E-state index is 12.6. The number of aliphatic hydroxyl groups excluding tert-OH is 1. The molecule has 0 spiro atoms. The lowest BCUT2D eigenvalue weighted by Crippen LogP contribution is -2.31. The van der Waals surface area contributed by atoms with E-state index < -0.39 is 6.43 Å². The molecule has 114 valence electrons. The average molecular weight is 351 g/mol. The summed E-state index contributed by atoms with van der Waals surface area (Å²) in [5.41, 5.74) is 1.75. The Bertz CT molecular complexity index is 416. The molecule has 0 amide bonds. The van der Waals surface area contributed by atoms with Gasteiger partial charge in [-0.3, -0.25) is 0 Å². The van der Waals surface area contributed by atoms with Crippen LogP contribution < -0.4 is 10.2 Å². The van der Waals surface area contributed by atoms with Gasteiger partial charge in [0.1, 0.15) is 0 Å². The number of hydrogen-bond donors (Lipinski definition) is 2. The Morgan fingerprint density at radius 2 is 2.05 bits per heavy atom. The van der Waals surface area contributed by atoms with Crippen LogP contribution in [0, 0.1) is 0 Å². The van der Waals surface area contributed by atoms with E-state index in [0.717, 1.165) is 16.6 Å². The lowest BCUT2D eigenvalue weighted by atomic mass is 10.2. The maximum absolute atomic E-state index is 12.6. The zero-order valence-corrected chi connectivity index (χ0v) is 13.3. The van der Waals surface area contributed by atoms with Gasteiger partial charge < -0.3 is 15.3 Å². The van der Waals surface area contributed by atoms with Gasteiger partial charge in [0.2, 0.25) is 0 Å². The van der Waals surface area contributed by atoms with E-state index in [4.69, 9.17) is 5.11 Å². The molecule has 0 bridgehead atoms. The summed E-state index contributed by atoms with van der Waals surface area (Å²) in [5.74, 6) is 0. The van der Waals surface area contributed by atoms with Crippen molar-refractivity contribution >= 4 is 21.6 Å². The van der Waals surface area contributed by atoms with Crippen molar-refractivity contribution in [1.82, 2.24) is 5.32 Å². The van der Waals surface area contributed by atoms with Crippen LogP contribution in [0.5, 0.6) is 0 Å². The van der Waals surface area contributed by atoms with Crippen LogP contribution >= 0.6 is 15.9 Å². The Kier molecular flexibility index (Phi) is 7.40. The van der Waals surface area contributed by atoms with Crippen molar-refractivity contribution in [2.45, 2.75) is 32.9 Å². The van der Waals surface area contributed by atoms with Crippen LogP contribution in [-0.2, 0) is 6.54 Å². The minimum Gasteiger partial charge on any atom is -0.395 e. The van der Waals surface area contributed by atoms with Crippen LogP contribution in [0.15, 0.2) is 22.7 Å². The van der Waals surface area contributed by atoms with Gasteiger partial charge in [-0.05, 0) is 33.6 Å². The second-order valence-electron chi connectivity index (χ2n) is 4.88. The third kappa shape index (κ3) is 5.73. The van der Waals surface area contributed by atoms with Crippen molar-refractivity contribution in [3.05, 3.63) is 28.2 Å². The standard InChI is InChI=1S/C14H21BrF2N2O/c1-10(2)18-8-11-3-4-13(12(15)7-11)19(5-6-20)9-14(16)17/h3-4,7,10,14,18,20H,5-6,8-9H2,1-2H3. The Morgan fingerprint density at radius 3 is 2.55 bits per heavy atom. The molecule has 0 heterocycles. The predicted octanol–water partition coefficient (Wildman–Crippen LogP) is 3.01. The van der Waals surface area contributed by atoms with E-state index in [0.29, 0.717) is 11.7 Å². The summed E-state index contributed by atoms with van der Waals surface area (Å²) in [7, 11) is 0. The molecule has 1 rings (SSSR count). The molecule has 0 aliphatic rings. The molecule has 0 fully saturated rings. The van der Waals surface area contributed by atoms with Crippen LogP contribution in [0.2, 0.25) is 0 Å². The number of rotatable bonds is 8. The highest BCUT2D eigenvalue weighted by Gasteiger charge is 2.15. The molecule has 0 aromatic heterocycles. The Hall–Kier alpha value is -0.720. The largest absolute Gasteiger partial charge is 0.395 e. The minimum absolute atomic E-state index is 0.157. The van der Waals surface area contributed by atoms with Gasteiger partial charge in [-0.15, -0.1) is 0 Å². The summed E-state index contributed by atoms with van der Waals surface area (Å²) in [6.07, 6.45) is -2.43.